The van der Waals surface area contributed by atoms with E-state index in [-0.39, 0.29) is 0 Å². The maximum Gasteiger partial charge on any atom is 0.0314 e. The molecule has 0 aliphatic carbocycles. The SMILES string of the molecule is Nc1ccc(CCCN2CCCc3ccccc3C2)cc1. The molecule has 2 aromatic rings. The third-order valence-corrected chi connectivity index (χ3v) is 4.35. The molecule has 2 nitrogen and oxygen atoms in total. The summed E-state index contributed by atoms with van der Waals surface area (Å²) in [5.41, 5.74) is 11.0. The molecule has 0 saturated carbocycles. The highest BCUT2D eigenvalue weighted by atomic mass is 15.1. The number of benzene rings is 2. The number of rotatable bonds is 4. The summed E-state index contributed by atoms with van der Waals surface area (Å²) in [6, 6.07) is 17.2. The van der Waals surface area contributed by atoms with Crippen LogP contribution in [-0.4, -0.2) is 18.0 Å². The summed E-state index contributed by atoms with van der Waals surface area (Å²) in [6.07, 6.45) is 4.86. The van der Waals surface area contributed by atoms with Gasteiger partial charge >= 0.3 is 0 Å². The Bertz CT molecular complexity index is 574. The highest BCUT2D eigenvalue weighted by molar-refractivity contribution is 5.39. The quantitative estimate of drug-likeness (QED) is 0.866. The van der Waals surface area contributed by atoms with Crippen LogP contribution in [0.1, 0.15) is 29.5 Å². The van der Waals surface area contributed by atoms with Crippen LogP contribution in [0.3, 0.4) is 0 Å². The number of hydrogen-bond donors (Lipinski definition) is 1. The van der Waals surface area contributed by atoms with E-state index in [1.807, 2.05) is 12.1 Å². The van der Waals surface area contributed by atoms with Crippen LogP contribution in [0.4, 0.5) is 5.69 Å². The van der Waals surface area contributed by atoms with Gasteiger partial charge in [0.25, 0.3) is 0 Å². The van der Waals surface area contributed by atoms with Crippen LogP contribution in [0.2, 0.25) is 0 Å². The molecule has 1 aliphatic heterocycles. The van der Waals surface area contributed by atoms with E-state index in [9.17, 15) is 0 Å². The maximum absolute atomic E-state index is 5.73. The van der Waals surface area contributed by atoms with Crippen molar-refractivity contribution in [2.75, 3.05) is 18.8 Å². The van der Waals surface area contributed by atoms with E-state index in [1.54, 1.807) is 5.56 Å². The number of hydrogen-bond acceptors (Lipinski definition) is 2. The van der Waals surface area contributed by atoms with Crippen LogP contribution in [0, 0.1) is 0 Å². The molecule has 0 saturated heterocycles. The van der Waals surface area contributed by atoms with Crippen molar-refractivity contribution < 1.29 is 0 Å². The summed E-state index contributed by atoms with van der Waals surface area (Å²) in [4.78, 5) is 2.60. The minimum absolute atomic E-state index is 0.850. The lowest BCUT2D eigenvalue weighted by Gasteiger charge is -2.20. The molecule has 0 atom stereocenters. The molecule has 1 heterocycles. The standard InChI is InChI=1S/C19H24N2/c20-19-11-9-16(10-12-19)5-3-13-21-14-4-8-17-6-1-2-7-18(17)15-21/h1-2,6-7,9-12H,3-5,8,13-15,20H2. The van der Waals surface area contributed by atoms with Gasteiger partial charge in [0, 0.05) is 12.2 Å². The van der Waals surface area contributed by atoms with Crippen molar-refractivity contribution in [3.05, 3.63) is 65.2 Å². The summed E-state index contributed by atoms with van der Waals surface area (Å²) < 4.78 is 0. The molecule has 3 rings (SSSR count). The molecule has 0 spiro atoms. The zero-order valence-corrected chi connectivity index (χ0v) is 12.6. The number of nitrogens with two attached hydrogens (primary N) is 1. The Balaban J connectivity index is 1.53. The van der Waals surface area contributed by atoms with Gasteiger partial charge in [-0.2, -0.15) is 0 Å². The minimum Gasteiger partial charge on any atom is -0.399 e. The molecule has 1 aliphatic rings. The molecular weight excluding hydrogens is 256 g/mol. The first-order chi connectivity index (χ1) is 10.3. The summed E-state index contributed by atoms with van der Waals surface area (Å²) in [5.74, 6) is 0. The van der Waals surface area contributed by atoms with Gasteiger partial charge in [-0.05, 0) is 67.6 Å². The third-order valence-electron chi connectivity index (χ3n) is 4.35. The molecule has 0 fully saturated rings. The lowest BCUT2D eigenvalue weighted by atomic mass is 10.0. The predicted molar refractivity (Wildman–Crippen MR) is 89.2 cm³/mol. The number of fused-ring (bicyclic) bond motifs is 1. The second-order valence-electron chi connectivity index (χ2n) is 5.99. The van der Waals surface area contributed by atoms with E-state index in [4.69, 9.17) is 5.73 Å². The topological polar surface area (TPSA) is 29.3 Å². The fourth-order valence-electron chi connectivity index (χ4n) is 3.15. The second kappa shape index (κ2) is 6.77. The zero-order valence-electron chi connectivity index (χ0n) is 12.6. The van der Waals surface area contributed by atoms with Gasteiger partial charge in [0.1, 0.15) is 0 Å². The van der Waals surface area contributed by atoms with Gasteiger partial charge in [-0.25, -0.2) is 0 Å². The smallest absolute Gasteiger partial charge is 0.0314 e. The summed E-state index contributed by atoms with van der Waals surface area (Å²) in [6.45, 7) is 3.51. The van der Waals surface area contributed by atoms with Crippen molar-refractivity contribution in [3.63, 3.8) is 0 Å². The molecule has 2 N–H and O–H groups in total. The van der Waals surface area contributed by atoms with Crippen molar-refractivity contribution in [1.29, 1.82) is 0 Å². The van der Waals surface area contributed by atoms with Gasteiger partial charge in [0.2, 0.25) is 0 Å². The van der Waals surface area contributed by atoms with E-state index in [0.717, 1.165) is 18.7 Å². The fourth-order valence-corrected chi connectivity index (χ4v) is 3.15. The molecular formula is C19H24N2. The van der Waals surface area contributed by atoms with Crippen LogP contribution in [-0.2, 0) is 19.4 Å². The van der Waals surface area contributed by atoms with E-state index in [1.165, 1.54) is 43.5 Å². The van der Waals surface area contributed by atoms with E-state index in [0.29, 0.717) is 0 Å². The molecule has 0 aromatic heterocycles. The first kappa shape index (κ1) is 14.2. The van der Waals surface area contributed by atoms with Crippen LogP contribution >= 0.6 is 0 Å². The normalized spacial score (nSPS) is 15.4. The van der Waals surface area contributed by atoms with Crippen LogP contribution in [0.25, 0.3) is 0 Å². The Hall–Kier alpha value is -1.80. The highest BCUT2D eigenvalue weighted by Gasteiger charge is 2.13. The Morgan fingerprint density at radius 2 is 1.71 bits per heavy atom. The van der Waals surface area contributed by atoms with Gasteiger partial charge in [-0.3, -0.25) is 4.90 Å². The molecule has 2 aromatic carbocycles. The van der Waals surface area contributed by atoms with Crippen LogP contribution in [0.15, 0.2) is 48.5 Å². The first-order valence-electron chi connectivity index (χ1n) is 7.95. The van der Waals surface area contributed by atoms with Crippen molar-refractivity contribution in [2.45, 2.75) is 32.2 Å². The van der Waals surface area contributed by atoms with Gasteiger partial charge in [-0.15, -0.1) is 0 Å². The van der Waals surface area contributed by atoms with Crippen LogP contribution in [0.5, 0.6) is 0 Å². The van der Waals surface area contributed by atoms with Crippen molar-refractivity contribution in [2.24, 2.45) is 0 Å². The maximum atomic E-state index is 5.73. The Morgan fingerprint density at radius 3 is 2.52 bits per heavy atom. The van der Waals surface area contributed by atoms with E-state index >= 15 is 0 Å². The molecule has 0 amide bonds. The average molecular weight is 280 g/mol. The number of nitrogens with zero attached hydrogens (tertiary/aromatic N) is 1. The molecule has 21 heavy (non-hydrogen) atoms. The number of anilines is 1. The fraction of sp³-hybridized carbons (Fsp3) is 0.368. The Kier molecular flexibility index (Phi) is 4.56. The minimum atomic E-state index is 0.850. The molecule has 0 unspecified atom stereocenters. The van der Waals surface area contributed by atoms with E-state index < -0.39 is 0 Å². The lowest BCUT2D eigenvalue weighted by Crippen LogP contribution is -2.24. The van der Waals surface area contributed by atoms with Gasteiger partial charge in [0.15, 0.2) is 0 Å². The van der Waals surface area contributed by atoms with Crippen molar-refractivity contribution in [1.82, 2.24) is 4.90 Å². The van der Waals surface area contributed by atoms with Crippen LogP contribution < -0.4 is 5.73 Å². The molecule has 0 bridgehead atoms. The second-order valence-corrected chi connectivity index (χ2v) is 5.99. The van der Waals surface area contributed by atoms with Crippen molar-refractivity contribution in [3.8, 4) is 0 Å². The number of nitrogen functional groups attached to an aromatic ring is 1. The van der Waals surface area contributed by atoms with Crippen molar-refractivity contribution >= 4 is 5.69 Å². The summed E-state index contributed by atoms with van der Waals surface area (Å²) in [5, 5.41) is 0. The third kappa shape index (κ3) is 3.85. The number of aryl methyl sites for hydroxylation is 2. The van der Waals surface area contributed by atoms with Gasteiger partial charge in [0.05, 0.1) is 0 Å². The van der Waals surface area contributed by atoms with Gasteiger partial charge in [-0.1, -0.05) is 36.4 Å². The Labute approximate surface area is 127 Å². The Morgan fingerprint density at radius 1 is 0.952 bits per heavy atom. The predicted octanol–water partition coefficient (Wildman–Crippen LogP) is 3.65. The summed E-state index contributed by atoms with van der Waals surface area (Å²) >= 11 is 0. The summed E-state index contributed by atoms with van der Waals surface area (Å²) in [7, 11) is 0. The molecule has 110 valence electrons. The zero-order chi connectivity index (χ0) is 14.5. The highest BCUT2D eigenvalue weighted by Crippen LogP contribution is 2.18. The monoisotopic (exact) mass is 280 g/mol. The average Bonchev–Trinajstić information content (AvgIpc) is 2.71. The first-order valence-corrected chi connectivity index (χ1v) is 7.95. The molecule has 2 heteroatoms. The van der Waals surface area contributed by atoms with E-state index in [2.05, 4.69) is 41.3 Å². The molecule has 0 radical (unpaired) electrons. The van der Waals surface area contributed by atoms with Gasteiger partial charge < -0.3 is 5.73 Å². The largest absolute Gasteiger partial charge is 0.399 e. The lowest BCUT2D eigenvalue weighted by molar-refractivity contribution is 0.266.